The second-order valence-corrected chi connectivity index (χ2v) is 6.35. The molecule has 6 heteroatoms. The first-order valence-corrected chi connectivity index (χ1v) is 6.79. The third kappa shape index (κ3) is 2.49. The second-order valence-electron chi connectivity index (χ2n) is 3.47. The maximum absolute atomic E-state index is 13.3. The fraction of sp³-hybridized carbons (Fsp3) is 0.333. The van der Waals surface area contributed by atoms with E-state index in [0.29, 0.717) is 17.3 Å². The molecule has 1 aromatic carbocycles. The topological polar surface area (TPSA) is 46.2 Å². The van der Waals surface area contributed by atoms with Crippen molar-refractivity contribution in [2.45, 2.75) is 18.1 Å². The van der Waals surface area contributed by atoms with Crippen molar-refractivity contribution in [3.63, 3.8) is 0 Å². The first kappa shape index (κ1) is 10.9. The molecule has 0 spiro atoms. The zero-order valence-corrected chi connectivity index (χ0v) is 10.1. The van der Waals surface area contributed by atoms with Gasteiger partial charge in [-0.2, -0.15) is 0 Å². The number of anilines is 1. The van der Waals surface area contributed by atoms with Crippen LogP contribution in [0.2, 0.25) is 0 Å². The molecule has 3 nitrogen and oxygen atoms in total. The van der Waals surface area contributed by atoms with Crippen LogP contribution in [0.3, 0.4) is 0 Å². The predicted octanol–water partition coefficient (Wildman–Crippen LogP) is 2.49. The van der Waals surface area contributed by atoms with Gasteiger partial charge in [0.2, 0.25) is 10.0 Å². The molecule has 1 aromatic rings. The van der Waals surface area contributed by atoms with Crippen molar-refractivity contribution >= 4 is 31.6 Å². The average molecular weight is 294 g/mol. The summed E-state index contributed by atoms with van der Waals surface area (Å²) in [5.41, 5.74) is 0.00472. The van der Waals surface area contributed by atoms with E-state index in [1.807, 2.05) is 0 Å². The lowest BCUT2D eigenvalue weighted by Gasteiger charge is -2.07. The molecule has 1 N–H and O–H groups in total. The van der Waals surface area contributed by atoms with Crippen molar-refractivity contribution in [3.05, 3.63) is 28.5 Å². The molecule has 1 aliphatic rings. The summed E-state index contributed by atoms with van der Waals surface area (Å²) in [4.78, 5) is 0. The van der Waals surface area contributed by atoms with Gasteiger partial charge in [-0.25, -0.2) is 12.8 Å². The van der Waals surface area contributed by atoms with E-state index in [9.17, 15) is 12.8 Å². The first-order valence-electron chi connectivity index (χ1n) is 4.46. The number of hydrogen-bond acceptors (Lipinski definition) is 2. The van der Waals surface area contributed by atoms with Crippen LogP contribution in [0.25, 0.3) is 0 Å². The lowest BCUT2D eigenvalue weighted by atomic mass is 10.3. The third-order valence-corrected chi connectivity index (χ3v) is 4.49. The molecule has 0 atom stereocenters. The quantitative estimate of drug-likeness (QED) is 0.931. The number of hydrogen-bond donors (Lipinski definition) is 1. The lowest BCUT2D eigenvalue weighted by molar-refractivity contribution is 0.597. The number of halogens is 2. The van der Waals surface area contributed by atoms with Crippen molar-refractivity contribution < 1.29 is 12.8 Å². The smallest absolute Gasteiger partial charge is 0.235 e. The summed E-state index contributed by atoms with van der Waals surface area (Å²) in [6.07, 6.45) is 1.32. The standard InChI is InChI=1S/C9H9BrFNO2S/c10-6-1-4-9(8(11)5-6)12-15(13,14)7-2-3-7/h1,4-5,7,12H,2-3H2. The normalized spacial score (nSPS) is 16.4. The van der Waals surface area contributed by atoms with Gasteiger partial charge in [0.15, 0.2) is 0 Å². The van der Waals surface area contributed by atoms with Crippen LogP contribution in [0.1, 0.15) is 12.8 Å². The van der Waals surface area contributed by atoms with E-state index >= 15 is 0 Å². The molecule has 82 valence electrons. The van der Waals surface area contributed by atoms with E-state index in [1.165, 1.54) is 12.1 Å². The highest BCUT2D eigenvalue weighted by molar-refractivity contribution is 9.10. The van der Waals surface area contributed by atoms with E-state index in [2.05, 4.69) is 20.7 Å². The predicted molar refractivity (Wildman–Crippen MR) is 59.7 cm³/mol. The molecule has 0 saturated heterocycles. The Morgan fingerprint density at radius 1 is 1.40 bits per heavy atom. The molecule has 2 rings (SSSR count). The van der Waals surface area contributed by atoms with Gasteiger partial charge in [0.25, 0.3) is 0 Å². The van der Waals surface area contributed by atoms with Gasteiger partial charge < -0.3 is 0 Å². The minimum atomic E-state index is -3.38. The molecule has 1 saturated carbocycles. The molecule has 0 radical (unpaired) electrons. The summed E-state index contributed by atoms with van der Waals surface area (Å²) in [6, 6.07) is 4.22. The Bertz CT molecular complexity index is 485. The fourth-order valence-corrected chi connectivity index (χ4v) is 2.92. The van der Waals surface area contributed by atoms with Crippen LogP contribution in [0.15, 0.2) is 22.7 Å². The van der Waals surface area contributed by atoms with Crippen molar-refractivity contribution in [3.8, 4) is 0 Å². The van der Waals surface area contributed by atoms with Gasteiger partial charge in [-0.3, -0.25) is 4.72 Å². The fourth-order valence-electron chi connectivity index (χ4n) is 1.19. The molecule has 15 heavy (non-hydrogen) atoms. The summed E-state index contributed by atoms with van der Waals surface area (Å²) in [6.45, 7) is 0. The Hall–Kier alpha value is -0.620. The molecule has 0 aromatic heterocycles. The highest BCUT2D eigenvalue weighted by atomic mass is 79.9. The molecule has 0 bridgehead atoms. The maximum atomic E-state index is 13.3. The third-order valence-electron chi connectivity index (χ3n) is 2.15. The highest BCUT2D eigenvalue weighted by Gasteiger charge is 2.36. The van der Waals surface area contributed by atoms with Crippen LogP contribution in [0, 0.1) is 5.82 Å². The van der Waals surface area contributed by atoms with Crippen LogP contribution < -0.4 is 4.72 Å². The van der Waals surface area contributed by atoms with E-state index in [0.717, 1.165) is 0 Å². The summed E-state index contributed by atoms with van der Waals surface area (Å²) in [5.74, 6) is -0.575. The van der Waals surface area contributed by atoms with E-state index in [4.69, 9.17) is 0 Å². The van der Waals surface area contributed by atoms with Gasteiger partial charge in [-0.15, -0.1) is 0 Å². The zero-order chi connectivity index (χ0) is 11.1. The van der Waals surface area contributed by atoms with Crippen LogP contribution in [0.4, 0.5) is 10.1 Å². The van der Waals surface area contributed by atoms with Crippen LogP contribution in [0.5, 0.6) is 0 Å². The van der Waals surface area contributed by atoms with Gasteiger partial charge in [0.1, 0.15) is 5.82 Å². The van der Waals surface area contributed by atoms with Gasteiger partial charge in [0.05, 0.1) is 10.9 Å². The number of sulfonamides is 1. The minimum absolute atomic E-state index is 0.00472. The Labute approximate surface area is 95.9 Å². The Balaban J connectivity index is 2.24. The van der Waals surface area contributed by atoms with Gasteiger partial charge in [-0.1, -0.05) is 15.9 Å². The minimum Gasteiger partial charge on any atom is -0.280 e. The number of benzene rings is 1. The SMILES string of the molecule is O=S(=O)(Nc1ccc(Br)cc1F)C1CC1. The highest BCUT2D eigenvalue weighted by Crippen LogP contribution is 2.30. The van der Waals surface area contributed by atoms with Crippen LogP contribution >= 0.6 is 15.9 Å². The lowest BCUT2D eigenvalue weighted by Crippen LogP contribution is -2.18. The summed E-state index contributed by atoms with van der Waals surface area (Å²) in [5, 5.41) is -0.347. The van der Waals surface area contributed by atoms with Crippen LogP contribution in [-0.2, 0) is 10.0 Å². The Morgan fingerprint density at radius 2 is 2.07 bits per heavy atom. The monoisotopic (exact) mass is 293 g/mol. The molecular weight excluding hydrogens is 285 g/mol. The second kappa shape index (κ2) is 3.75. The zero-order valence-electron chi connectivity index (χ0n) is 7.70. The summed E-state index contributed by atoms with van der Waals surface area (Å²) >= 11 is 3.10. The number of nitrogens with one attached hydrogen (secondary N) is 1. The number of rotatable bonds is 3. The largest absolute Gasteiger partial charge is 0.280 e. The Kier molecular flexibility index (Phi) is 2.72. The molecule has 0 amide bonds. The molecule has 0 aliphatic heterocycles. The molecule has 0 unspecified atom stereocenters. The van der Waals surface area contributed by atoms with Crippen LogP contribution in [-0.4, -0.2) is 13.7 Å². The van der Waals surface area contributed by atoms with E-state index < -0.39 is 15.8 Å². The van der Waals surface area contributed by atoms with E-state index in [1.54, 1.807) is 6.07 Å². The van der Waals surface area contributed by atoms with Crippen molar-refractivity contribution in [2.75, 3.05) is 4.72 Å². The summed E-state index contributed by atoms with van der Waals surface area (Å²) < 4.78 is 39.2. The van der Waals surface area contributed by atoms with Crippen molar-refractivity contribution in [1.29, 1.82) is 0 Å². The molecule has 1 fully saturated rings. The van der Waals surface area contributed by atoms with Gasteiger partial charge in [-0.05, 0) is 31.0 Å². The average Bonchev–Trinajstić information content (AvgIpc) is 2.92. The first-order chi connectivity index (χ1) is 6.99. The van der Waals surface area contributed by atoms with E-state index in [-0.39, 0.29) is 10.9 Å². The van der Waals surface area contributed by atoms with Crippen molar-refractivity contribution in [2.24, 2.45) is 0 Å². The summed E-state index contributed by atoms with van der Waals surface area (Å²) in [7, 11) is -3.38. The molecule has 0 heterocycles. The molecular formula is C9H9BrFNO2S. The van der Waals surface area contributed by atoms with Gasteiger partial charge >= 0.3 is 0 Å². The maximum Gasteiger partial charge on any atom is 0.235 e. The molecule has 1 aliphatic carbocycles. The Morgan fingerprint density at radius 3 is 2.60 bits per heavy atom. The van der Waals surface area contributed by atoms with Gasteiger partial charge in [0, 0.05) is 4.47 Å². The van der Waals surface area contributed by atoms with Crippen molar-refractivity contribution in [1.82, 2.24) is 0 Å².